The van der Waals surface area contributed by atoms with Crippen molar-refractivity contribution in [3.05, 3.63) is 11.9 Å². The van der Waals surface area contributed by atoms with E-state index in [4.69, 9.17) is 15.2 Å². The molecule has 1 saturated heterocycles. The summed E-state index contributed by atoms with van der Waals surface area (Å²) in [5, 5.41) is 4.25. The number of rotatable bonds is 7. The van der Waals surface area contributed by atoms with Gasteiger partial charge in [-0.25, -0.2) is 0 Å². The third-order valence-electron chi connectivity index (χ3n) is 3.68. The molecule has 1 aliphatic heterocycles. The zero-order valence-electron chi connectivity index (χ0n) is 12.9. The molecule has 21 heavy (non-hydrogen) atoms. The van der Waals surface area contributed by atoms with Gasteiger partial charge in [-0.15, -0.1) is 0 Å². The highest BCUT2D eigenvalue weighted by Crippen LogP contribution is 2.26. The molecule has 1 aliphatic rings. The van der Waals surface area contributed by atoms with Gasteiger partial charge in [0.25, 0.3) is 0 Å². The molecule has 7 nitrogen and oxygen atoms in total. The van der Waals surface area contributed by atoms with Crippen molar-refractivity contribution in [2.45, 2.75) is 31.6 Å². The van der Waals surface area contributed by atoms with Gasteiger partial charge in [-0.05, 0) is 26.9 Å². The van der Waals surface area contributed by atoms with Crippen molar-refractivity contribution < 1.29 is 14.3 Å². The van der Waals surface area contributed by atoms with E-state index in [0.29, 0.717) is 31.0 Å². The van der Waals surface area contributed by atoms with Crippen molar-refractivity contribution in [3.8, 4) is 5.75 Å². The van der Waals surface area contributed by atoms with Gasteiger partial charge in [0, 0.05) is 13.1 Å². The van der Waals surface area contributed by atoms with Crippen LogP contribution in [0.1, 0.15) is 23.3 Å². The van der Waals surface area contributed by atoms with Gasteiger partial charge in [-0.2, -0.15) is 5.10 Å². The van der Waals surface area contributed by atoms with Crippen molar-refractivity contribution in [2.24, 2.45) is 5.73 Å². The van der Waals surface area contributed by atoms with E-state index in [0.717, 1.165) is 13.0 Å². The van der Waals surface area contributed by atoms with Gasteiger partial charge in [0.1, 0.15) is 11.8 Å². The number of likely N-dealkylation sites (N-methyl/N-ethyl adjacent to an activating group) is 1. The second-order valence-corrected chi connectivity index (χ2v) is 5.51. The fourth-order valence-electron chi connectivity index (χ4n) is 2.45. The van der Waals surface area contributed by atoms with Crippen LogP contribution in [0, 0.1) is 0 Å². The number of ether oxygens (including phenoxy) is 2. The van der Waals surface area contributed by atoms with E-state index >= 15 is 0 Å². The van der Waals surface area contributed by atoms with Crippen LogP contribution in [0.25, 0.3) is 0 Å². The first-order valence-corrected chi connectivity index (χ1v) is 7.21. The molecule has 1 aromatic heterocycles. The predicted molar refractivity (Wildman–Crippen MR) is 78.6 cm³/mol. The van der Waals surface area contributed by atoms with E-state index in [9.17, 15) is 4.79 Å². The Morgan fingerprint density at radius 1 is 1.57 bits per heavy atom. The molecule has 0 saturated carbocycles. The molecule has 0 bridgehead atoms. The molecule has 2 rings (SSSR count). The summed E-state index contributed by atoms with van der Waals surface area (Å²) in [5.41, 5.74) is 6.09. The second kappa shape index (κ2) is 7.02. The van der Waals surface area contributed by atoms with Crippen LogP contribution in [0.5, 0.6) is 5.75 Å². The Balaban J connectivity index is 2.16. The van der Waals surface area contributed by atoms with Crippen LogP contribution >= 0.6 is 0 Å². The Labute approximate surface area is 125 Å². The average Bonchev–Trinajstić information content (AvgIpc) is 3.10. The summed E-state index contributed by atoms with van der Waals surface area (Å²) in [7, 11) is 5.50. The zero-order chi connectivity index (χ0) is 15.4. The number of hydrogen-bond acceptors (Lipinski definition) is 6. The SMILES string of the molecule is COc1cnn(CCN(C)C)c1C(=O)C1CCC(CN)O1. The van der Waals surface area contributed by atoms with E-state index in [-0.39, 0.29) is 11.9 Å². The Bertz CT molecular complexity index is 487. The van der Waals surface area contributed by atoms with Crippen LogP contribution in [0.15, 0.2) is 6.20 Å². The molecule has 2 heterocycles. The Kier molecular flexibility index (Phi) is 5.33. The molecule has 118 valence electrons. The maximum absolute atomic E-state index is 12.7. The smallest absolute Gasteiger partial charge is 0.213 e. The summed E-state index contributed by atoms with van der Waals surface area (Å²) in [5.74, 6) is 0.428. The molecular formula is C14H24N4O3. The minimum Gasteiger partial charge on any atom is -0.493 e. The highest BCUT2D eigenvalue weighted by molar-refractivity contribution is 6.00. The predicted octanol–water partition coefficient (Wildman–Crippen LogP) is 0.142. The first-order chi connectivity index (χ1) is 10.1. The molecule has 0 amide bonds. The van der Waals surface area contributed by atoms with Crippen molar-refractivity contribution in [2.75, 3.05) is 34.3 Å². The van der Waals surface area contributed by atoms with Crippen LogP contribution in [0.4, 0.5) is 0 Å². The molecular weight excluding hydrogens is 272 g/mol. The topological polar surface area (TPSA) is 82.6 Å². The number of Topliss-reactive ketones (excluding diaryl/α,β-unsaturated/α-hetero) is 1. The van der Waals surface area contributed by atoms with E-state index in [2.05, 4.69) is 5.10 Å². The third kappa shape index (κ3) is 3.61. The summed E-state index contributed by atoms with van der Waals surface area (Å²) in [6.45, 7) is 1.87. The number of nitrogens with zero attached hydrogens (tertiary/aromatic N) is 3. The number of hydrogen-bond donors (Lipinski definition) is 1. The average molecular weight is 296 g/mol. The number of aromatic nitrogens is 2. The molecule has 0 radical (unpaired) electrons. The van der Waals surface area contributed by atoms with Gasteiger partial charge in [-0.1, -0.05) is 0 Å². The van der Waals surface area contributed by atoms with E-state index in [1.807, 2.05) is 19.0 Å². The van der Waals surface area contributed by atoms with Crippen molar-refractivity contribution in [1.29, 1.82) is 0 Å². The Morgan fingerprint density at radius 2 is 2.33 bits per heavy atom. The van der Waals surface area contributed by atoms with Crippen LogP contribution in [0.3, 0.4) is 0 Å². The number of carbonyl (C=O) groups excluding carboxylic acids is 1. The summed E-state index contributed by atoms with van der Waals surface area (Å²) in [4.78, 5) is 14.7. The Morgan fingerprint density at radius 3 is 2.90 bits per heavy atom. The third-order valence-corrected chi connectivity index (χ3v) is 3.68. The van der Waals surface area contributed by atoms with E-state index in [1.54, 1.807) is 18.0 Å². The van der Waals surface area contributed by atoms with Gasteiger partial charge in [0.05, 0.1) is 26.0 Å². The fourth-order valence-corrected chi connectivity index (χ4v) is 2.45. The summed E-state index contributed by atoms with van der Waals surface area (Å²) >= 11 is 0. The van der Waals surface area contributed by atoms with E-state index < -0.39 is 6.10 Å². The minimum absolute atomic E-state index is 0.0249. The van der Waals surface area contributed by atoms with Crippen molar-refractivity contribution in [3.63, 3.8) is 0 Å². The van der Waals surface area contributed by atoms with Crippen LogP contribution < -0.4 is 10.5 Å². The molecule has 0 aromatic carbocycles. The number of nitrogens with two attached hydrogens (primary N) is 1. The lowest BCUT2D eigenvalue weighted by Crippen LogP contribution is -2.28. The number of carbonyl (C=O) groups is 1. The lowest BCUT2D eigenvalue weighted by Gasteiger charge is -2.15. The monoisotopic (exact) mass is 296 g/mol. The lowest BCUT2D eigenvalue weighted by atomic mass is 10.1. The van der Waals surface area contributed by atoms with Crippen LogP contribution in [-0.2, 0) is 11.3 Å². The maximum atomic E-state index is 12.7. The van der Waals surface area contributed by atoms with Gasteiger partial charge in [0.2, 0.25) is 5.78 Å². The summed E-state index contributed by atoms with van der Waals surface area (Å²) < 4.78 is 12.7. The molecule has 2 unspecified atom stereocenters. The zero-order valence-corrected chi connectivity index (χ0v) is 12.9. The minimum atomic E-state index is -0.442. The molecule has 1 aromatic rings. The fraction of sp³-hybridized carbons (Fsp3) is 0.714. The number of ketones is 1. The highest BCUT2D eigenvalue weighted by atomic mass is 16.5. The number of methoxy groups -OCH3 is 1. The second-order valence-electron chi connectivity index (χ2n) is 5.51. The summed E-state index contributed by atoms with van der Waals surface area (Å²) in [6.07, 6.45) is 2.63. The standard InChI is InChI=1S/C14H24N4O3/c1-17(2)6-7-18-13(12(20-3)9-16-18)14(19)11-5-4-10(8-15)21-11/h9-11H,4-8,15H2,1-3H3. The molecule has 0 aliphatic carbocycles. The normalized spacial score (nSPS) is 22.0. The molecule has 2 N–H and O–H groups in total. The van der Waals surface area contributed by atoms with Gasteiger partial charge >= 0.3 is 0 Å². The molecule has 1 fully saturated rings. The molecule has 7 heteroatoms. The van der Waals surface area contributed by atoms with Crippen molar-refractivity contribution in [1.82, 2.24) is 14.7 Å². The van der Waals surface area contributed by atoms with Crippen LogP contribution in [0.2, 0.25) is 0 Å². The molecule has 2 atom stereocenters. The van der Waals surface area contributed by atoms with Gasteiger partial charge in [-0.3, -0.25) is 9.48 Å². The van der Waals surface area contributed by atoms with Crippen molar-refractivity contribution >= 4 is 5.78 Å². The lowest BCUT2D eigenvalue weighted by molar-refractivity contribution is 0.0393. The van der Waals surface area contributed by atoms with Gasteiger partial charge in [0.15, 0.2) is 5.75 Å². The Hall–Kier alpha value is -1.44. The first kappa shape index (κ1) is 15.9. The van der Waals surface area contributed by atoms with Gasteiger partial charge < -0.3 is 20.1 Å². The quantitative estimate of drug-likeness (QED) is 0.721. The largest absolute Gasteiger partial charge is 0.493 e. The van der Waals surface area contributed by atoms with Crippen LogP contribution in [-0.4, -0.2) is 67.0 Å². The first-order valence-electron chi connectivity index (χ1n) is 7.21. The maximum Gasteiger partial charge on any atom is 0.213 e. The highest BCUT2D eigenvalue weighted by Gasteiger charge is 2.34. The van der Waals surface area contributed by atoms with E-state index in [1.165, 1.54) is 0 Å². The summed E-state index contributed by atoms with van der Waals surface area (Å²) in [6, 6.07) is 0. The molecule has 0 spiro atoms.